The third-order valence-electron chi connectivity index (χ3n) is 7.84. The van der Waals surface area contributed by atoms with Gasteiger partial charge in [0, 0.05) is 16.9 Å². The lowest BCUT2D eigenvalue weighted by atomic mass is 9.88. The lowest BCUT2D eigenvalue weighted by molar-refractivity contribution is 0.206. The predicted octanol–water partition coefficient (Wildman–Crippen LogP) is 8.13. The van der Waals surface area contributed by atoms with Crippen molar-refractivity contribution in [1.29, 1.82) is 0 Å². The van der Waals surface area contributed by atoms with E-state index in [1.165, 1.54) is 19.3 Å². The van der Waals surface area contributed by atoms with Crippen LogP contribution in [-0.2, 0) is 41.6 Å². The minimum Gasteiger partial charge on any atom is -0.496 e. The zero-order valence-electron chi connectivity index (χ0n) is 30.1. The van der Waals surface area contributed by atoms with Crippen LogP contribution in [0.3, 0.4) is 0 Å². The Labute approximate surface area is 297 Å². The van der Waals surface area contributed by atoms with E-state index in [-0.39, 0.29) is 49.0 Å². The Morgan fingerprint density at radius 2 is 1.42 bits per heavy atom. The first kappa shape index (κ1) is 44.5. The first-order valence-electron chi connectivity index (χ1n) is 16.8. The van der Waals surface area contributed by atoms with Gasteiger partial charge in [0.2, 0.25) is 0 Å². The van der Waals surface area contributed by atoms with Crippen molar-refractivity contribution in [3.05, 3.63) is 65.0 Å². The van der Waals surface area contributed by atoms with Gasteiger partial charge >= 0.3 is 22.8 Å². The molecular weight excluding hydrogens is 727 g/mol. The highest BCUT2D eigenvalue weighted by Crippen LogP contribution is 2.63. The largest absolute Gasteiger partial charge is 0.496 e. The number of rotatable bonds is 18. The normalized spacial score (nSPS) is 19.3. The zero-order valence-corrected chi connectivity index (χ0v) is 33.6. The topological polar surface area (TPSA) is 184 Å². The van der Waals surface area contributed by atoms with Crippen LogP contribution < -0.4 is 10.1 Å². The van der Waals surface area contributed by atoms with Gasteiger partial charge in [-0.2, -0.15) is 0 Å². The first-order chi connectivity index (χ1) is 23.5. The second-order valence-electron chi connectivity index (χ2n) is 11.6. The summed E-state index contributed by atoms with van der Waals surface area (Å²) in [6.45, 7) is 11.7. The first-order valence-corrected chi connectivity index (χ1v) is 23.6. The molecule has 0 radical (unpaired) electrons. The number of methoxy groups -OCH3 is 1. The van der Waals surface area contributed by atoms with Gasteiger partial charge in [0.25, 0.3) is 0 Å². The van der Waals surface area contributed by atoms with Crippen LogP contribution in [-0.4, -0.2) is 68.9 Å². The van der Waals surface area contributed by atoms with Crippen molar-refractivity contribution >= 4 is 38.7 Å². The van der Waals surface area contributed by atoms with Gasteiger partial charge in [-0.05, 0) is 69.9 Å². The van der Waals surface area contributed by atoms with Crippen molar-refractivity contribution in [1.82, 2.24) is 5.32 Å². The van der Waals surface area contributed by atoms with Gasteiger partial charge in [-0.15, -0.1) is 0 Å². The maximum Gasteiger partial charge on any atom is 0.349 e. The minimum absolute atomic E-state index is 0.0548. The molecule has 1 aliphatic heterocycles. The smallest absolute Gasteiger partial charge is 0.349 e. The van der Waals surface area contributed by atoms with Crippen LogP contribution in [0.5, 0.6) is 5.75 Å². The highest BCUT2D eigenvalue weighted by Gasteiger charge is 2.42. The third kappa shape index (κ3) is 13.1. The molecule has 0 spiro atoms. The molecule has 0 unspecified atom stereocenters. The van der Waals surface area contributed by atoms with Gasteiger partial charge in [0.05, 0.1) is 50.2 Å². The quantitative estimate of drug-likeness (QED) is 0.123. The summed E-state index contributed by atoms with van der Waals surface area (Å²) in [6.07, 6.45) is 4.44. The molecule has 0 bridgehead atoms. The summed E-state index contributed by atoms with van der Waals surface area (Å²) in [4.78, 5) is 18.7. The lowest BCUT2D eigenvalue weighted by Crippen LogP contribution is -2.50. The van der Waals surface area contributed by atoms with Gasteiger partial charge < -0.3 is 32.6 Å². The molecule has 2 atom stereocenters. The van der Waals surface area contributed by atoms with Crippen LogP contribution in [0, 0.1) is 0 Å². The van der Waals surface area contributed by atoms with Crippen LogP contribution in [0.1, 0.15) is 90.0 Å². The summed E-state index contributed by atoms with van der Waals surface area (Å²) in [5.74, 6) is 0.698. The molecule has 13 nitrogen and oxygen atoms in total. The molecule has 17 heteroatoms. The number of unbranched alkanes of at least 4 members (excludes halogenated alkanes) is 1. The van der Waals surface area contributed by atoms with E-state index in [0.717, 1.165) is 30.6 Å². The lowest BCUT2D eigenvalue weighted by Gasteiger charge is -2.36. The molecule has 50 heavy (non-hydrogen) atoms. The van der Waals surface area contributed by atoms with Crippen molar-refractivity contribution in [2.75, 3.05) is 45.2 Å². The van der Waals surface area contributed by atoms with E-state index in [0.29, 0.717) is 23.3 Å². The van der Waals surface area contributed by atoms with Crippen molar-refractivity contribution < 1.29 is 54.7 Å². The van der Waals surface area contributed by atoms with E-state index < -0.39 is 38.2 Å². The standard InChI is InChI=1S/C24H32NO6PS.C9H22O6P2/c1-4-6-13-24(5-2)17-33(29,30)22-15-19(12-14-32(26,27)28)21(31-3)16-20(22)23(25-24)18-10-8-7-9-11-18;1-5-12-16(10,13-6-2)9-17(11,14-7-3)15-8-4/h7-12,14-16,23,25H,4-6,13,17H2,1-3H3,(H2,26,27,28);5-9H2,1-4H3/b14-12+;/t23-,24-;/m1./s1. The van der Waals surface area contributed by atoms with Crippen LogP contribution in [0.4, 0.5) is 0 Å². The Morgan fingerprint density at radius 1 is 0.880 bits per heavy atom. The van der Waals surface area contributed by atoms with Crippen molar-refractivity contribution in [2.24, 2.45) is 0 Å². The van der Waals surface area contributed by atoms with E-state index in [2.05, 4.69) is 12.2 Å². The van der Waals surface area contributed by atoms with Gasteiger partial charge in [0.15, 0.2) is 15.7 Å². The highest BCUT2D eigenvalue weighted by molar-refractivity contribution is 7.91. The Bertz CT molecular complexity index is 1600. The summed E-state index contributed by atoms with van der Waals surface area (Å²) in [7, 11) is -13.5. The van der Waals surface area contributed by atoms with Gasteiger partial charge in [-0.1, -0.05) is 57.0 Å². The summed E-state index contributed by atoms with van der Waals surface area (Å²) < 4.78 is 88.9. The van der Waals surface area contributed by atoms with E-state index in [1.807, 2.05) is 37.3 Å². The second kappa shape index (κ2) is 20.0. The van der Waals surface area contributed by atoms with Crippen LogP contribution in [0.15, 0.2) is 53.2 Å². The molecule has 1 aliphatic rings. The minimum atomic E-state index is -4.43. The fourth-order valence-electron chi connectivity index (χ4n) is 5.62. The van der Waals surface area contributed by atoms with E-state index in [4.69, 9.17) is 22.8 Å². The molecule has 0 fully saturated rings. The van der Waals surface area contributed by atoms with E-state index >= 15 is 0 Å². The molecule has 3 rings (SSSR count). The number of hydrogen-bond donors (Lipinski definition) is 3. The summed E-state index contributed by atoms with van der Waals surface area (Å²) in [5.41, 5.74) is 1.19. The average Bonchev–Trinajstić information content (AvgIpc) is 3.14. The molecule has 1 heterocycles. The van der Waals surface area contributed by atoms with E-state index in [1.54, 1.807) is 33.8 Å². The fourth-order valence-corrected chi connectivity index (χ4v) is 12.9. The molecular formula is C33H54NO12P3S. The predicted molar refractivity (Wildman–Crippen MR) is 197 cm³/mol. The Kier molecular flexibility index (Phi) is 17.8. The molecule has 3 N–H and O–H groups in total. The summed E-state index contributed by atoms with van der Waals surface area (Å²) in [5, 5.41) is 3.69. The molecule has 284 valence electrons. The molecule has 2 aromatic rings. The third-order valence-corrected chi connectivity index (χ3v) is 15.7. The van der Waals surface area contributed by atoms with Gasteiger partial charge in [-0.25, -0.2) is 8.42 Å². The molecule has 2 aromatic carbocycles. The number of nitrogens with one attached hydrogen (secondary N) is 1. The SMILES string of the molecule is CCCC[C@]1(CC)CS(=O)(=O)c2cc(/C=C/P(=O)(O)O)c(OC)cc2[C@@H](c2ccccc2)N1.CCOP(=O)(CP(=O)(OCC)OCC)OCC. The van der Waals surface area contributed by atoms with Crippen molar-refractivity contribution in [3.63, 3.8) is 0 Å². The van der Waals surface area contributed by atoms with E-state index in [9.17, 15) is 31.9 Å². The number of sulfone groups is 1. The molecule has 0 aliphatic carbocycles. The van der Waals surface area contributed by atoms with Gasteiger partial charge in [-0.3, -0.25) is 19.0 Å². The highest BCUT2D eigenvalue weighted by atomic mass is 32.2. The number of fused-ring (bicyclic) bond motifs is 1. The summed E-state index contributed by atoms with van der Waals surface area (Å²) >= 11 is 0. The van der Waals surface area contributed by atoms with Crippen LogP contribution in [0.2, 0.25) is 0 Å². The monoisotopic (exact) mass is 781 g/mol. The number of hydrogen-bond acceptors (Lipinski definition) is 11. The molecule has 0 aromatic heterocycles. The fraction of sp³-hybridized carbons (Fsp3) is 0.576. The number of ether oxygens (including phenoxy) is 1. The maximum absolute atomic E-state index is 13.7. The maximum atomic E-state index is 13.7. The molecule has 0 saturated carbocycles. The Balaban J connectivity index is 0.000000432. The van der Waals surface area contributed by atoms with Gasteiger partial charge in [0.1, 0.15) is 5.75 Å². The van der Waals surface area contributed by atoms with Crippen molar-refractivity contribution in [2.45, 2.75) is 83.7 Å². The number of benzene rings is 2. The van der Waals surface area contributed by atoms with Crippen LogP contribution >= 0.6 is 22.8 Å². The molecule has 0 amide bonds. The molecule has 0 saturated heterocycles. The Hall–Kier alpha value is -1.66. The average molecular weight is 782 g/mol. The second-order valence-corrected chi connectivity index (χ2v) is 19.6. The zero-order chi connectivity index (χ0) is 37.6. The van der Waals surface area contributed by atoms with Crippen LogP contribution in [0.25, 0.3) is 6.08 Å². The summed E-state index contributed by atoms with van der Waals surface area (Å²) in [6, 6.07) is 12.4. The Morgan fingerprint density at radius 3 is 1.86 bits per heavy atom. The van der Waals surface area contributed by atoms with Crippen molar-refractivity contribution in [3.8, 4) is 5.75 Å².